The molecule has 11 aromatic rings. The van der Waals surface area contributed by atoms with E-state index in [1.807, 2.05) is 0 Å². The summed E-state index contributed by atoms with van der Waals surface area (Å²) in [5, 5.41) is 13.0. The maximum atomic E-state index is 2.45. The molecule has 260 valence electrons. The first kappa shape index (κ1) is 31.8. The molecule has 55 heavy (non-hydrogen) atoms. The van der Waals surface area contributed by atoms with Crippen LogP contribution in [0.1, 0.15) is 26.3 Å². The summed E-state index contributed by atoms with van der Waals surface area (Å²) in [6.45, 7) is 6.92. The Morgan fingerprint density at radius 1 is 0.345 bits per heavy atom. The summed E-state index contributed by atoms with van der Waals surface area (Å²) in [7, 11) is 0. The standard InChI is InChI=1S/C54H39N/c1-54(2,3)40-30-38-22-27-45-47(33-48(46-28-23-39(31-40)52(38)53(45)46)43-18-11-15-35-14-7-8-16-42(35)43)36-20-25-41(26-21-36)55-50-19-10-9-17-44(50)49-32-37(24-29-51(49)55)34-12-5-4-6-13-34/h4-33H,1-3H3. The third-order valence-corrected chi connectivity index (χ3v) is 11.9. The summed E-state index contributed by atoms with van der Waals surface area (Å²) in [5.74, 6) is 0. The molecular formula is C54H39N. The topological polar surface area (TPSA) is 4.93 Å². The lowest BCUT2D eigenvalue weighted by Crippen LogP contribution is -2.10. The van der Waals surface area contributed by atoms with Gasteiger partial charge in [0.05, 0.1) is 11.0 Å². The molecule has 0 aliphatic heterocycles. The second-order valence-corrected chi connectivity index (χ2v) is 16.1. The summed E-state index contributed by atoms with van der Waals surface area (Å²) in [6, 6.07) is 67.8. The highest BCUT2D eigenvalue weighted by Crippen LogP contribution is 2.46. The SMILES string of the molecule is CC(C)(C)c1cc2ccc3c(-c4ccc(-n5c6ccccc6c6cc(-c7ccccc7)ccc65)cc4)cc(-c4cccc5ccccc45)c4ccc(c1)c2c34. The molecule has 0 radical (unpaired) electrons. The zero-order valence-electron chi connectivity index (χ0n) is 31.3. The maximum Gasteiger partial charge on any atom is 0.0541 e. The lowest BCUT2D eigenvalue weighted by molar-refractivity contribution is 0.591. The normalized spacial score (nSPS) is 12.3. The Balaban J connectivity index is 1.14. The molecule has 0 amide bonds. The van der Waals surface area contributed by atoms with E-state index in [0.29, 0.717) is 0 Å². The largest absolute Gasteiger partial charge is 0.309 e. The van der Waals surface area contributed by atoms with E-state index in [9.17, 15) is 0 Å². The number of benzene rings is 10. The van der Waals surface area contributed by atoms with Crippen LogP contribution in [-0.4, -0.2) is 4.57 Å². The highest BCUT2D eigenvalue weighted by molar-refractivity contribution is 6.29. The smallest absolute Gasteiger partial charge is 0.0541 e. The van der Waals surface area contributed by atoms with Gasteiger partial charge >= 0.3 is 0 Å². The molecule has 1 heteroatoms. The first-order valence-corrected chi connectivity index (χ1v) is 19.3. The number of hydrogen-bond acceptors (Lipinski definition) is 0. The van der Waals surface area contributed by atoms with Crippen molar-refractivity contribution in [1.29, 1.82) is 0 Å². The number of hydrogen-bond donors (Lipinski definition) is 0. The van der Waals surface area contributed by atoms with Crippen LogP contribution in [0.15, 0.2) is 182 Å². The summed E-state index contributed by atoms with van der Waals surface area (Å²) in [5.41, 5.74) is 12.5. The molecule has 0 unspecified atom stereocenters. The number of fused-ring (bicyclic) bond motifs is 4. The number of para-hydroxylation sites is 1. The fraction of sp³-hybridized carbons (Fsp3) is 0.0741. The van der Waals surface area contributed by atoms with E-state index in [1.54, 1.807) is 0 Å². The van der Waals surface area contributed by atoms with E-state index in [-0.39, 0.29) is 5.41 Å². The molecule has 1 heterocycles. The zero-order valence-corrected chi connectivity index (χ0v) is 31.3. The van der Waals surface area contributed by atoms with Crippen LogP contribution in [0.4, 0.5) is 0 Å². The average molecular weight is 702 g/mol. The van der Waals surface area contributed by atoms with Gasteiger partial charge in [-0.1, -0.05) is 166 Å². The Bertz CT molecular complexity index is 3240. The van der Waals surface area contributed by atoms with Crippen molar-refractivity contribution in [3.8, 4) is 39.1 Å². The Kier molecular flexibility index (Phi) is 6.88. The molecule has 0 fully saturated rings. The minimum absolute atomic E-state index is 0.0615. The number of rotatable bonds is 4. The molecule has 11 rings (SSSR count). The first-order chi connectivity index (χ1) is 26.9. The Morgan fingerprint density at radius 3 is 1.75 bits per heavy atom. The van der Waals surface area contributed by atoms with Crippen LogP contribution < -0.4 is 0 Å². The van der Waals surface area contributed by atoms with Gasteiger partial charge in [0.2, 0.25) is 0 Å². The molecule has 0 aliphatic rings. The minimum atomic E-state index is 0.0615. The van der Waals surface area contributed by atoms with Crippen molar-refractivity contribution in [1.82, 2.24) is 4.57 Å². The van der Waals surface area contributed by atoms with Crippen molar-refractivity contribution in [2.24, 2.45) is 0 Å². The summed E-state index contributed by atoms with van der Waals surface area (Å²) in [4.78, 5) is 0. The summed E-state index contributed by atoms with van der Waals surface area (Å²) < 4.78 is 2.42. The molecule has 0 atom stereocenters. The number of nitrogens with zero attached hydrogens (tertiary/aromatic N) is 1. The zero-order chi connectivity index (χ0) is 36.8. The second kappa shape index (κ2) is 11.9. The van der Waals surface area contributed by atoms with Gasteiger partial charge in [0, 0.05) is 16.5 Å². The Labute approximate surface area is 321 Å². The fourth-order valence-corrected chi connectivity index (χ4v) is 9.12. The van der Waals surface area contributed by atoms with Crippen LogP contribution in [0.3, 0.4) is 0 Å². The molecule has 1 nitrogen and oxygen atoms in total. The van der Waals surface area contributed by atoms with Gasteiger partial charge in [-0.3, -0.25) is 0 Å². The molecule has 0 aliphatic carbocycles. The van der Waals surface area contributed by atoms with Gasteiger partial charge in [0.25, 0.3) is 0 Å². The molecule has 0 saturated carbocycles. The molecule has 10 aromatic carbocycles. The van der Waals surface area contributed by atoms with E-state index in [4.69, 9.17) is 0 Å². The highest BCUT2D eigenvalue weighted by atomic mass is 15.0. The van der Waals surface area contributed by atoms with Gasteiger partial charge in [-0.2, -0.15) is 0 Å². The predicted molar refractivity (Wildman–Crippen MR) is 237 cm³/mol. The fourth-order valence-electron chi connectivity index (χ4n) is 9.12. The quantitative estimate of drug-likeness (QED) is 0.161. The highest BCUT2D eigenvalue weighted by Gasteiger charge is 2.21. The van der Waals surface area contributed by atoms with Crippen molar-refractivity contribution in [2.45, 2.75) is 26.2 Å². The van der Waals surface area contributed by atoms with Gasteiger partial charge < -0.3 is 4.57 Å². The lowest BCUT2D eigenvalue weighted by atomic mass is 9.81. The van der Waals surface area contributed by atoms with Crippen molar-refractivity contribution in [3.63, 3.8) is 0 Å². The average Bonchev–Trinajstić information content (AvgIpc) is 3.56. The van der Waals surface area contributed by atoms with Gasteiger partial charge in [-0.15, -0.1) is 0 Å². The molecular weight excluding hydrogens is 663 g/mol. The Hall–Kier alpha value is -6.70. The molecule has 0 N–H and O–H groups in total. The number of aromatic nitrogens is 1. The third kappa shape index (κ3) is 4.93. The Morgan fingerprint density at radius 2 is 0.982 bits per heavy atom. The van der Waals surface area contributed by atoms with Crippen molar-refractivity contribution >= 4 is 64.9 Å². The molecule has 0 spiro atoms. The van der Waals surface area contributed by atoms with E-state index in [0.717, 1.165) is 5.69 Å². The first-order valence-electron chi connectivity index (χ1n) is 19.3. The minimum Gasteiger partial charge on any atom is -0.309 e. The van der Waals surface area contributed by atoms with Gasteiger partial charge in [0.1, 0.15) is 0 Å². The molecule has 0 saturated heterocycles. The van der Waals surface area contributed by atoms with Crippen LogP contribution in [0, 0.1) is 0 Å². The van der Waals surface area contributed by atoms with Crippen LogP contribution >= 0.6 is 0 Å². The van der Waals surface area contributed by atoms with Crippen LogP contribution in [-0.2, 0) is 5.41 Å². The van der Waals surface area contributed by atoms with Crippen LogP contribution in [0.25, 0.3) is 104 Å². The van der Waals surface area contributed by atoms with E-state index in [1.165, 1.54) is 104 Å². The van der Waals surface area contributed by atoms with Gasteiger partial charge in [0.15, 0.2) is 0 Å². The van der Waals surface area contributed by atoms with Gasteiger partial charge in [-0.05, 0) is 124 Å². The van der Waals surface area contributed by atoms with Crippen molar-refractivity contribution < 1.29 is 0 Å². The monoisotopic (exact) mass is 701 g/mol. The van der Waals surface area contributed by atoms with Crippen molar-refractivity contribution in [2.75, 3.05) is 0 Å². The second-order valence-electron chi connectivity index (χ2n) is 16.1. The summed E-state index contributed by atoms with van der Waals surface area (Å²) >= 11 is 0. The molecule has 0 bridgehead atoms. The lowest BCUT2D eigenvalue weighted by Gasteiger charge is -2.23. The third-order valence-electron chi connectivity index (χ3n) is 11.9. The van der Waals surface area contributed by atoms with E-state index >= 15 is 0 Å². The van der Waals surface area contributed by atoms with Crippen LogP contribution in [0.2, 0.25) is 0 Å². The summed E-state index contributed by atoms with van der Waals surface area (Å²) in [6.07, 6.45) is 0. The predicted octanol–water partition coefficient (Wildman–Crippen LogP) is 15.1. The van der Waals surface area contributed by atoms with E-state index < -0.39 is 0 Å². The van der Waals surface area contributed by atoms with Crippen LogP contribution in [0.5, 0.6) is 0 Å². The van der Waals surface area contributed by atoms with Crippen molar-refractivity contribution in [3.05, 3.63) is 188 Å². The maximum absolute atomic E-state index is 2.45. The van der Waals surface area contributed by atoms with E-state index in [2.05, 4.69) is 207 Å². The van der Waals surface area contributed by atoms with Gasteiger partial charge in [-0.25, -0.2) is 0 Å². The molecule has 1 aromatic heterocycles.